The fourth-order valence-electron chi connectivity index (χ4n) is 3.44. The van der Waals surface area contributed by atoms with E-state index in [9.17, 15) is 13.2 Å². The van der Waals surface area contributed by atoms with E-state index in [4.69, 9.17) is 0 Å². The molecule has 0 unspecified atom stereocenters. The summed E-state index contributed by atoms with van der Waals surface area (Å²) in [5.41, 5.74) is 0.827. The van der Waals surface area contributed by atoms with E-state index in [0.29, 0.717) is 0 Å². The monoisotopic (exact) mass is 464 g/mol. The van der Waals surface area contributed by atoms with Crippen molar-refractivity contribution in [3.63, 3.8) is 0 Å². The Morgan fingerprint density at radius 1 is 1.00 bits per heavy atom. The molecule has 150 valence electrons. The van der Waals surface area contributed by atoms with Crippen LogP contribution in [0.4, 0.5) is 0 Å². The summed E-state index contributed by atoms with van der Waals surface area (Å²) in [4.78, 5) is 12.8. The molecular formula is C21H25BrN2O3S. The van der Waals surface area contributed by atoms with Crippen molar-refractivity contribution in [1.82, 2.24) is 9.62 Å². The van der Waals surface area contributed by atoms with Crippen LogP contribution < -0.4 is 5.32 Å². The normalized spacial score (nSPS) is 15.5. The van der Waals surface area contributed by atoms with Gasteiger partial charge in [-0.1, -0.05) is 65.5 Å². The van der Waals surface area contributed by atoms with Gasteiger partial charge >= 0.3 is 0 Å². The molecule has 7 heteroatoms. The largest absolute Gasteiger partial charge is 0.352 e. The lowest BCUT2D eigenvalue weighted by atomic mass is 9.95. The summed E-state index contributed by atoms with van der Waals surface area (Å²) >= 11 is 3.39. The lowest BCUT2D eigenvalue weighted by molar-refractivity contribution is -0.122. The third kappa shape index (κ3) is 5.65. The first-order valence-corrected chi connectivity index (χ1v) is 11.8. The number of nitrogens with one attached hydrogen (secondary N) is 1. The van der Waals surface area contributed by atoms with Gasteiger partial charge in [-0.3, -0.25) is 4.79 Å². The maximum Gasteiger partial charge on any atom is 0.243 e. The van der Waals surface area contributed by atoms with Crippen molar-refractivity contribution in [2.45, 2.75) is 49.6 Å². The Morgan fingerprint density at radius 2 is 1.64 bits per heavy atom. The molecule has 0 radical (unpaired) electrons. The predicted molar refractivity (Wildman–Crippen MR) is 113 cm³/mol. The topological polar surface area (TPSA) is 66.5 Å². The Kier molecular flexibility index (Phi) is 7.26. The molecule has 5 nitrogen and oxygen atoms in total. The van der Waals surface area contributed by atoms with Gasteiger partial charge in [0.15, 0.2) is 0 Å². The molecule has 0 spiro atoms. The zero-order valence-electron chi connectivity index (χ0n) is 15.7. The first kappa shape index (κ1) is 21.0. The van der Waals surface area contributed by atoms with Crippen molar-refractivity contribution in [3.05, 3.63) is 64.6 Å². The average Bonchev–Trinajstić information content (AvgIpc) is 2.70. The third-order valence-electron chi connectivity index (χ3n) is 4.94. The van der Waals surface area contributed by atoms with Gasteiger partial charge in [0.1, 0.15) is 0 Å². The first-order valence-electron chi connectivity index (χ1n) is 9.54. The molecule has 2 aromatic carbocycles. The van der Waals surface area contributed by atoms with E-state index in [1.54, 1.807) is 30.3 Å². The molecule has 1 saturated carbocycles. The summed E-state index contributed by atoms with van der Waals surface area (Å²) in [5.74, 6) is -0.247. The molecule has 1 aliphatic carbocycles. The lowest BCUT2D eigenvalue weighted by Gasteiger charge is -2.26. The minimum absolute atomic E-state index is 0.141. The van der Waals surface area contributed by atoms with Gasteiger partial charge in [-0.05, 0) is 42.7 Å². The standard InChI is InChI=1S/C21H25BrN2O3S/c22-18-13-11-17(12-14-18)15-24(28(26,27)20-9-5-2-6-10-20)16-21(25)23-19-7-3-1-4-8-19/h2,5-6,9-14,19H,1,3-4,7-8,15-16H2,(H,23,25). The number of hydrogen-bond donors (Lipinski definition) is 1. The number of benzene rings is 2. The highest BCUT2D eigenvalue weighted by Crippen LogP contribution is 2.20. The van der Waals surface area contributed by atoms with Gasteiger partial charge in [0.2, 0.25) is 15.9 Å². The molecule has 0 aromatic heterocycles. The Morgan fingerprint density at radius 3 is 2.29 bits per heavy atom. The van der Waals surface area contributed by atoms with E-state index in [1.807, 2.05) is 24.3 Å². The van der Waals surface area contributed by atoms with Crippen molar-refractivity contribution in [2.75, 3.05) is 6.54 Å². The fraction of sp³-hybridized carbons (Fsp3) is 0.381. The zero-order valence-corrected chi connectivity index (χ0v) is 18.1. The second-order valence-corrected chi connectivity index (χ2v) is 9.97. The number of rotatable bonds is 7. The van der Waals surface area contributed by atoms with Crippen molar-refractivity contribution in [2.24, 2.45) is 0 Å². The minimum atomic E-state index is -3.78. The second-order valence-electron chi connectivity index (χ2n) is 7.12. The van der Waals surface area contributed by atoms with Crippen LogP contribution >= 0.6 is 15.9 Å². The Balaban J connectivity index is 1.79. The van der Waals surface area contributed by atoms with Crippen LogP contribution in [0, 0.1) is 0 Å². The quantitative estimate of drug-likeness (QED) is 0.670. The van der Waals surface area contributed by atoms with Crippen LogP contribution in [-0.2, 0) is 21.4 Å². The summed E-state index contributed by atoms with van der Waals surface area (Å²) in [6, 6.07) is 15.9. The number of carbonyl (C=O) groups is 1. The molecule has 0 aliphatic heterocycles. The molecule has 28 heavy (non-hydrogen) atoms. The fourth-order valence-corrected chi connectivity index (χ4v) is 5.11. The maximum atomic E-state index is 13.2. The number of sulfonamides is 1. The summed E-state index contributed by atoms with van der Waals surface area (Å²) in [7, 11) is -3.78. The van der Waals surface area contributed by atoms with Crippen LogP contribution in [0.5, 0.6) is 0 Å². The molecular weight excluding hydrogens is 440 g/mol. The van der Waals surface area contributed by atoms with Crippen molar-refractivity contribution >= 4 is 31.9 Å². The van der Waals surface area contributed by atoms with Gasteiger partial charge in [0.25, 0.3) is 0 Å². The molecule has 1 fully saturated rings. The Bertz CT molecular complexity index is 880. The number of halogens is 1. The highest BCUT2D eigenvalue weighted by Gasteiger charge is 2.27. The van der Waals surface area contributed by atoms with Crippen molar-refractivity contribution < 1.29 is 13.2 Å². The van der Waals surface area contributed by atoms with Gasteiger partial charge in [-0.15, -0.1) is 0 Å². The van der Waals surface area contributed by atoms with Crippen molar-refractivity contribution in [3.8, 4) is 0 Å². The molecule has 0 heterocycles. The molecule has 0 saturated heterocycles. The molecule has 3 rings (SSSR count). The lowest BCUT2D eigenvalue weighted by Crippen LogP contribution is -2.44. The number of hydrogen-bond acceptors (Lipinski definition) is 3. The number of nitrogens with zero attached hydrogens (tertiary/aromatic N) is 1. The van der Waals surface area contributed by atoms with Gasteiger partial charge < -0.3 is 5.32 Å². The summed E-state index contributed by atoms with van der Waals surface area (Å²) in [6.07, 6.45) is 5.34. The molecule has 0 atom stereocenters. The van der Waals surface area contributed by atoms with Gasteiger partial charge in [0.05, 0.1) is 11.4 Å². The molecule has 0 bridgehead atoms. The first-order chi connectivity index (χ1) is 13.4. The molecule has 2 aromatic rings. The van der Waals surface area contributed by atoms with Crippen LogP contribution in [0.2, 0.25) is 0 Å². The van der Waals surface area contributed by atoms with E-state index in [2.05, 4.69) is 21.2 Å². The van der Waals surface area contributed by atoms with E-state index in [-0.39, 0.29) is 29.9 Å². The SMILES string of the molecule is O=C(CN(Cc1ccc(Br)cc1)S(=O)(=O)c1ccccc1)NC1CCCCC1. The van der Waals surface area contributed by atoms with Gasteiger partial charge in [0, 0.05) is 17.1 Å². The van der Waals surface area contributed by atoms with Crippen LogP contribution in [0.3, 0.4) is 0 Å². The van der Waals surface area contributed by atoms with E-state index in [0.717, 1.165) is 35.7 Å². The van der Waals surface area contributed by atoms with Gasteiger partial charge in [-0.2, -0.15) is 4.31 Å². The number of amides is 1. The summed E-state index contributed by atoms with van der Waals surface area (Å²) in [5, 5.41) is 3.02. The smallest absolute Gasteiger partial charge is 0.243 e. The van der Waals surface area contributed by atoms with Crippen LogP contribution in [0.1, 0.15) is 37.7 Å². The second kappa shape index (κ2) is 9.67. The summed E-state index contributed by atoms with van der Waals surface area (Å²) in [6.45, 7) is -0.0492. The van der Waals surface area contributed by atoms with E-state index < -0.39 is 10.0 Å². The minimum Gasteiger partial charge on any atom is -0.352 e. The maximum absolute atomic E-state index is 13.2. The van der Waals surface area contributed by atoms with E-state index >= 15 is 0 Å². The number of carbonyl (C=O) groups excluding carboxylic acids is 1. The Hall–Kier alpha value is -1.70. The Labute approximate surface area is 175 Å². The van der Waals surface area contributed by atoms with Gasteiger partial charge in [-0.25, -0.2) is 8.42 Å². The van der Waals surface area contributed by atoms with Crippen LogP contribution in [-0.4, -0.2) is 31.2 Å². The van der Waals surface area contributed by atoms with Crippen LogP contribution in [0.15, 0.2) is 64.0 Å². The zero-order chi connectivity index (χ0) is 20.0. The molecule has 1 aliphatic rings. The summed E-state index contributed by atoms with van der Waals surface area (Å²) < 4.78 is 28.5. The third-order valence-corrected chi connectivity index (χ3v) is 7.28. The molecule has 1 N–H and O–H groups in total. The van der Waals surface area contributed by atoms with E-state index in [1.165, 1.54) is 10.7 Å². The molecule has 1 amide bonds. The highest BCUT2D eigenvalue weighted by molar-refractivity contribution is 9.10. The average molecular weight is 465 g/mol. The predicted octanol–water partition coefficient (Wildman–Crippen LogP) is 4.09. The van der Waals surface area contributed by atoms with Crippen molar-refractivity contribution in [1.29, 1.82) is 0 Å². The van der Waals surface area contributed by atoms with Crippen LogP contribution in [0.25, 0.3) is 0 Å². The highest BCUT2D eigenvalue weighted by atomic mass is 79.9.